The number of hydrogen-bond acceptors (Lipinski definition) is 3. The molecule has 1 aliphatic rings. The Morgan fingerprint density at radius 3 is 3.11 bits per heavy atom. The highest BCUT2D eigenvalue weighted by atomic mass is 16.5. The molecular weight excluding hydrogens is 242 g/mol. The minimum Gasteiger partial charge on any atom is -0.384 e. The van der Waals surface area contributed by atoms with Crippen molar-refractivity contribution >= 4 is 11.6 Å². The molecular formula is C15H17NO3. The second-order valence-corrected chi connectivity index (χ2v) is 4.68. The third-order valence-electron chi connectivity index (χ3n) is 3.13. The predicted octanol–water partition coefficient (Wildman–Crippen LogP) is 1.54. The summed E-state index contributed by atoms with van der Waals surface area (Å²) in [4.78, 5) is 12.1. The molecule has 1 atom stereocenters. The minimum atomic E-state index is -0.729. The molecule has 0 bridgehead atoms. The molecule has 0 saturated carbocycles. The first kappa shape index (κ1) is 13.6. The fourth-order valence-corrected chi connectivity index (χ4v) is 2.04. The van der Waals surface area contributed by atoms with E-state index in [9.17, 15) is 4.79 Å². The average Bonchev–Trinajstić information content (AvgIpc) is 2.85. The zero-order valence-electron chi connectivity index (χ0n) is 10.9. The van der Waals surface area contributed by atoms with E-state index in [1.54, 1.807) is 12.1 Å². The van der Waals surface area contributed by atoms with Crippen LogP contribution in [0.4, 0.5) is 5.69 Å². The van der Waals surface area contributed by atoms with E-state index in [-0.39, 0.29) is 12.5 Å². The molecule has 1 aromatic carbocycles. The summed E-state index contributed by atoms with van der Waals surface area (Å²) in [6, 6.07) is 7.22. The Labute approximate surface area is 112 Å². The number of rotatable bonds is 2. The molecule has 2 rings (SSSR count). The number of aliphatic hydroxyl groups excluding tert-OH is 1. The van der Waals surface area contributed by atoms with Gasteiger partial charge in [0, 0.05) is 17.9 Å². The maximum atomic E-state index is 12.1. The molecule has 0 radical (unpaired) electrons. The van der Waals surface area contributed by atoms with Gasteiger partial charge in [0.1, 0.15) is 12.2 Å². The van der Waals surface area contributed by atoms with Crippen LogP contribution in [0.1, 0.15) is 25.3 Å². The highest BCUT2D eigenvalue weighted by molar-refractivity contribution is 5.97. The maximum Gasteiger partial charge on any atom is 0.256 e. The van der Waals surface area contributed by atoms with Gasteiger partial charge in [-0.25, -0.2) is 0 Å². The lowest BCUT2D eigenvalue weighted by molar-refractivity contribution is -0.133. The van der Waals surface area contributed by atoms with Gasteiger partial charge in [0.05, 0.1) is 0 Å². The van der Waals surface area contributed by atoms with E-state index >= 15 is 0 Å². The largest absolute Gasteiger partial charge is 0.384 e. The summed E-state index contributed by atoms with van der Waals surface area (Å²) in [5, 5.41) is 11.5. The Kier molecular flexibility index (Phi) is 4.20. The fourth-order valence-electron chi connectivity index (χ4n) is 2.04. The standard InChI is InChI=1S/C15H17NO3/c1-15(8-4-10-19-15)14(18)16-13-7-2-5-12(11-13)6-3-9-17/h2,5,7,11,17H,4,8-10H2,1H3,(H,16,18). The third-order valence-corrected chi connectivity index (χ3v) is 3.13. The number of hydrogen-bond donors (Lipinski definition) is 2. The van der Waals surface area contributed by atoms with Gasteiger partial charge >= 0.3 is 0 Å². The van der Waals surface area contributed by atoms with Crippen molar-refractivity contribution < 1.29 is 14.6 Å². The van der Waals surface area contributed by atoms with Crippen molar-refractivity contribution in [2.75, 3.05) is 18.5 Å². The van der Waals surface area contributed by atoms with E-state index in [0.717, 1.165) is 18.4 Å². The van der Waals surface area contributed by atoms with Crippen LogP contribution in [0.25, 0.3) is 0 Å². The molecule has 1 heterocycles. The van der Waals surface area contributed by atoms with Crippen molar-refractivity contribution in [3.05, 3.63) is 29.8 Å². The number of ether oxygens (including phenoxy) is 1. The second-order valence-electron chi connectivity index (χ2n) is 4.68. The zero-order valence-corrected chi connectivity index (χ0v) is 10.9. The monoisotopic (exact) mass is 259 g/mol. The van der Waals surface area contributed by atoms with Crippen molar-refractivity contribution in [1.82, 2.24) is 0 Å². The summed E-state index contributed by atoms with van der Waals surface area (Å²) < 4.78 is 5.50. The number of carbonyl (C=O) groups is 1. The molecule has 2 N–H and O–H groups in total. The van der Waals surface area contributed by atoms with Gasteiger partial charge in [-0.1, -0.05) is 17.9 Å². The lowest BCUT2D eigenvalue weighted by Gasteiger charge is -2.21. The van der Waals surface area contributed by atoms with Crippen LogP contribution in [0.15, 0.2) is 24.3 Å². The van der Waals surface area contributed by atoms with Gasteiger partial charge in [0.25, 0.3) is 5.91 Å². The minimum absolute atomic E-state index is 0.128. The molecule has 4 heteroatoms. The van der Waals surface area contributed by atoms with Gasteiger partial charge in [0.15, 0.2) is 0 Å². The molecule has 1 unspecified atom stereocenters. The molecule has 1 amide bonds. The maximum absolute atomic E-state index is 12.1. The van der Waals surface area contributed by atoms with Gasteiger partial charge in [-0.05, 0) is 38.0 Å². The van der Waals surface area contributed by atoms with Crippen molar-refractivity contribution in [1.29, 1.82) is 0 Å². The quantitative estimate of drug-likeness (QED) is 0.792. The summed E-state index contributed by atoms with van der Waals surface area (Å²) in [7, 11) is 0. The number of benzene rings is 1. The molecule has 1 aliphatic heterocycles. The topological polar surface area (TPSA) is 58.6 Å². The van der Waals surface area contributed by atoms with Crippen LogP contribution in [0, 0.1) is 11.8 Å². The zero-order chi connectivity index (χ0) is 13.7. The average molecular weight is 259 g/mol. The van der Waals surface area contributed by atoms with E-state index in [1.165, 1.54) is 0 Å². The summed E-state index contributed by atoms with van der Waals surface area (Å²) in [5.74, 6) is 5.25. The van der Waals surface area contributed by atoms with Crippen LogP contribution < -0.4 is 5.32 Å². The second kappa shape index (κ2) is 5.87. The number of nitrogens with one attached hydrogen (secondary N) is 1. The van der Waals surface area contributed by atoms with Crippen LogP contribution in [0.5, 0.6) is 0 Å². The summed E-state index contributed by atoms with van der Waals surface area (Å²) in [6.45, 7) is 2.26. The van der Waals surface area contributed by atoms with Crippen molar-refractivity contribution in [2.45, 2.75) is 25.4 Å². The normalized spacial score (nSPS) is 21.6. The molecule has 1 saturated heterocycles. The first-order chi connectivity index (χ1) is 9.14. The van der Waals surface area contributed by atoms with Gasteiger partial charge in [-0.2, -0.15) is 0 Å². The predicted molar refractivity (Wildman–Crippen MR) is 72.6 cm³/mol. The van der Waals surface area contributed by atoms with Crippen LogP contribution in [0.3, 0.4) is 0 Å². The van der Waals surface area contributed by atoms with Gasteiger partial charge in [-0.15, -0.1) is 0 Å². The van der Waals surface area contributed by atoms with Gasteiger partial charge in [0.2, 0.25) is 0 Å². The highest BCUT2D eigenvalue weighted by Crippen LogP contribution is 2.26. The van der Waals surface area contributed by atoms with E-state index in [1.807, 2.05) is 19.1 Å². The fraction of sp³-hybridized carbons (Fsp3) is 0.400. The summed E-state index contributed by atoms with van der Waals surface area (Å²) >= 11 is 0. The number of anilines is 1. The van der Waals surface area contributed by atoms with Crippen molar-refractivity contribution in [3.8, 4) is 11.8 Å². The Bertz CT molecular complexity index is 522. The molecule has 4 nitrogen and oxygen atoms in total. The number of amides is 1. The molecule has 1 fully saturated rings. The van der Waals surface area contributed by atoms with E-state index < -0.39 is 5.60 Å². The van der Waals surface area contributed by atoms with Crippen LogP contribution in [-0.4, -0.2) is 29.8 Å². The lowest BCUT2D eigenvalue weighted by atomic mass is 10.0. The number of carbonyl (C=O) groups excluding carboxylic acids is 1. The molecule has 19 heavy (non-hydrogen) atoms. The Balaban J connectivity index is 2.08. The Morgan fingerprint density at radius 2 is 2.42 bits per heavy atom. The Hall–Kier alpha value is -1.83. The molecule has 1 aromatic rings. The first-order valence-corrected chi connectivity index (χ1v) is 6.29. The van der Waals surface area contributed by atoms with Crippen LogP contribution >= 0.6 is 0 Å². The molecule has 0 spiro atoms. The van der Waals surface area contributed by atoms with Crippen molar-refractivity contribution in [2.24, 2.45) is 0 Å². The summed E-state index contributed by atoms with van der Waals surface area (Å²) in [5.41, 5.74) is 0.711. The van der Waals surface area contributed by atoms with Gasteiger partial charge in [-0.3, -0.25) is 4.79 Å². The van der Waals surface area contributed by atoms with E-state index in [0.29, 0.717) is 12.3 Å². The lowest BCUT2D eigenvalue weighted by Crippen LogP contribution is -2.39. The smallest absolute Gasteiger partial charge is 0.256 e. The Morgan fingerprint density at radius 1 is 1.58 bits per heavy atom. The highest BCUT2D eigenvalue weighted by Gasteiger charge is 2.37. The van der Waals surface area contributed by atoms with E-state index in [2.05, 4.69) is 17.2 Å². The van der Waals surface area contributed by atoms with Crippen LogP contribution in [0.2, 0.25) is 0 Å². The molecule has 0 aromatic heterocycles. The van der Waals surface area contributed by atoms with Crippen molar-refractivity contribution in [3.63, 3.8) is 0 Å². The summed E-state index contributed by atoms with van der Waals surface area (Å²) in [6.07, 6.45) is 1.65. The van der Waals surface area contributed by atoms with Crippen LogP contribution in [-0.2, 0) is 9.53 Å². The SMILES string of the molecule is CC1(C(=O)Nc2cccc(C#CCO)c2)CCCO1. The molecule has 100 valence electrons. The first-order valence-electron chi connectivity index (χ1n) is 6.29. The molecule has 0 aliphatic carbocycles. The van der Waals surface area contributed by atoms with E-state index in [4.69, 9.17) is 9.84 Å². The van der Waals surface area contributed by atoms with Gasteiger partial charge < -0.3 is 15.2 Å². The third kappa shape index (κ3) is 3.34. The number of aliphatic hydroxyl groups is 1.